The van der Waals surface area contributed by atoms with Gasteiger partial charge < -0.3 is 19.9 Å². The summed E-state index contributed by atoms with van der Waals surface area (Å²) < 4.78 is 4.92. The summed E-state index contributed by atoms with van der Waals surface area (Å²) in [5, 5.41) is 2.84. The van der Waals surface area contributed by atoms with Crippen molar-refractivity contribution < 1.29 is 14.3 Å². The molecule has 1 unspecified atom stereocenters. The van der Waals surface area contributed by atoms with Crippen LogP contribution in [-0.4, -0.2) is 55.7 Å². The van der Waals surface area contributed by atoms with E-state index in [-0.39, 0.29) is 24.3 Å². The number of nitrogens with one attached hydrogen (secondary N) is 1. The maximum Gasteiger partial charge on any atom is 0.307 e. The van der Waals surface area contributed by atoms with Crippen LogP contribution in [0.1, 0.15) is 30.6 Å². The Kier molecular flexibility index (Phi) is 7.05. The third kappa shape index (κ3) is 5.70. The lowest BCUT2D eigenvalue weighted by Gasteiger charge is -2.37. The van der Waals surface area contributed by atoms with Crippen molar-refractivity contribution in [3.63, 3.8) is 0 Å². The van der Waals surface area contributed by atoms with Crippen LogP contribution in [0.3, 0.4) is 0 Å². The van der Waals surface area contributed by atoms with Crippen molar-refractivity contribution in [2.45, 2.75) is 26.3 Å². The lowest BCUT2D eigenvalue weighted by Crippen LogP contribution is -2.46. The zero-order valence-corrected chi connectivity index (χ0v) is 17.0. The first-order chi connectivity index (χ1) is 14.1. The van der Waals surface area contributed by atoms with Crippen LogP contribution in [-0.2, 0) is 9.53 Å². The molecule has 29 heavy (non-hydrogen) atoms. The number of pyridine rings is 1. The summed E-state index contributed by atoms with van der Waals surface area (Å²) in [7, 11) is 0. The first-order valence-corrected chi connectivity index (χ1v) is 10.0. The smallest absolute Gasteiger partial charge is 0.307 e. The van der Waals surface area contributed by atoms with Crippen molar-refractivity contribution >= 4 is 23.3 Å². The van der Waals surface area contributed by atoms with Gasteiger partial charge in [-0.05, 0) is 50.2 Å². The summed E-state index contributed by atoms with van der Waals surface area (Å²) in [5.41, 5.74) is 2.89. The molecule has 1 aromatic heterocycles. The highest BCUT2D eigenvalue weighted by Crippen LogP contribution is 2.20. The second kappa shape index (κ2) is 9.91. The molecule has 1 saturated heterocycles. The van der Waals surface area contributed by atoms with Gasteiger partial charge in [-0.2, -0.15) is 0 Å². The van der Waals surface area contributed by atoms with Gasteiger partial charge in [0.25, 0.3) is 5.91 Å². The normalized spacial score (nSPS) is 15.0. The zero-order chi connectivity index (χ0) is 20.6. The standard InChI is InChI=1S/C22H28N4O3/c1-3-29-21(27)16-17(2)24-22(28)18-4-6-19(7-5-18)25-12-14-26(15-13-25)20-8-10-23-11-9-20/h4-11,17H,3,12-16H2,1-2H3,(H,24,28). The van der Waals surface area contributed by atoms with E-state index in [1.165, 1.54) is 5.69 Å². The van der Waals surface area contributed by atoms with Crippen molar-refractivity contribution in [2.24, 2.45) is 0 Å². The molecule has 1 amide bonds. The van der Waals surface area contributed by atoms with Gasteiger partial charge in [-0.3, -0.25) is 14.6 Å². The van der Waals surface area contributed by atoms with Crippen LogP contribution in [0.5, 0.6) is 0 Å². The van der Waals surface area contributed by atoms with Crippen LogP contribution in [0.2, 0.25) is 0 Å². The number of piperazine rings is 1. The number of aromatic nitrogens is 1. The van der Waals surface area contributed by atoms with Gasteiger partial charge in [-0.25, -0.2) is 0 Å². The average Bonchev–Trinajstić information content (AvgIpc) is 2.74. The third-order valence-corrected chi connectivity index (χ3v) is 4.96. The fraction of sp³-hybridized carbons (Fsp3) is 0.409. The van der Waals surface area contributed by atoms with Gasteiger partial charge in [0.05, 0.1) is 13.0 Å². The number of nitrogens with zero attached hydrogens (tertiary/aromatic N) is 3. The Morgan fingerprint density at radius 3 is 2.10 bits per heavy atom. The summed E-state index contributed by atoms with van der Waals surface area (Å²) >= 11 is 0. The lowest BCUT2D eigenvalue weighted by atomic mass is 10.1. The lowest BCUT2D eigenvalue weighted by molar-refractivity contribution is -0.143. The summed E-state index contributed by atoms with van der Waals surface area (Å²) in [5.74, 6) is -0.489. The maximum atomic E-state index is 12.4. The molecule has 0 spiro atoms. The SMILES string of the molecule is CCOC(=O)CC(C)NC(=O)c1ccc(N2CCN(c3ccncc3)CC2)cc1. The Hall–Kier alpha value is -3.09. The van der Waals surface area contributed by atoms with Gasteiger partial charge in [0.15, 0.2) is 0 Å². The van der Waals surface area contributed by atoms with E-state index in [4.69, 9.17) is 4.74 Å². The quantitative estimate of drug-likeness (QED) is 0.725. The molecule has 154 valence electrons. The number of benzene rings is 1. The summed E-state index contributed by atoms with van der Waals surface area (Å²) in [6.45, 7) is 7.63. The van der Waals surface area contributed by atoms with Gasteiger partial charge in [0.1, 0.15) is 0 Å². The minimum Gasteiger partial charge on any atom is -0.466 e. The molecule has 2 aromatic rings. The molecule has 1 aliphatic heterocycles. The molecule has 0 aliphatic carbocycles. The number of anilines is 2. The minimum absolute atomic E-state index is 0.166. The minimum atomic E-state index is -0.304. The maximum absolute atomic E-state index is 12.4. The van der Waals surface area contributed by atoms with Gasteiger partial charge in [-0.15, -0.1) is 0 Å². The van der Waals surface area contributed by atoms with Gasteiger partial charge in [0, 0.05) is 61.6 Å². The van der Waals surface area contributed by atoms with Crippen molar-refractivity contribution in [2.75, 3.05) is 42.6 Å². The van der Waals surface area contributed by atoms with E-state index in [0.29, 0.717) is 12.2 Å². The molecular formula is C22H28N4O3. The second-order valence-electron chi connectivity index (χ2n) is 7.11. The second-order valence-corrected chi connectivity index (χ2v) is 7.11. The first-order valence-electron chi connectivity index (χ1n) is 10.0. The molecule has 1 fully saturated rings. The number of hydrogen-bond acceptors (Lipinski definition) is 6. The predicted octanol–water partition coefficient (Wildman–Crippen LogP) is 2.48. The molecule has 3 rings (SSSR count). The van der Waals surface area contributed by atoms with Crippen molar-refractivity contribution in [1.82, 2.24) is 10.3 Å². The monoisotopic (exact) mass is 396 g/mol. The Balaban J connectivity index is 1.51. The molecule has 1 aromatic carbocycles. The van der Waals surface area contributed by atoms with Crippen LogP contribution >= 0.6 is 0 Å². The molecule has 1 atom stereocenters. The number of ether oxygens (including phenoxy) is 1. The van der Waals surface area contributed by atoms with E-state index in [1.54, 1.807) is 13.8 Å². The summed E-state index contributed by atoms with van der Waals surface area (Å²) in [4.78, 5) is 32.7. The van der Waals surface area contributed by atoms with Crippen LogP contribution in [0.4, 0.5) is 11.4 Å². The molecule has 0 radical (unpaired) electrons. The van der Waals surface area contributed by atoms with E-state index < -0.39 is 0 Å². The fourth-order valence-electron chi connectivity index (χ4n) is 3.43. The molecule has 2 heterocycles. The van der Waals surface area contributed by atoms with E-state index in [0.717, 1.165) is 31.9 Å². The van der Waals surface area contributed by atoms with Crippen LogP contribution in [0, 0.1) is 0 Å². The highest BCUT2D eigenvalue weighted by atomic mass is 16.5. The van der Waals surface area contributed by atoms with E-state index in [9.17, 15) is 9.59 Å². The molecule has 7 nitrogen and oxygen atoms in total. The third-order valence-electron chi connectivity index (χ3n) is 4.96. The number of carbonyl (C=O) groups excluding carboxylic acids is 2. The van der Waals surface area contributed by atoms with E-state index >= 15 is 0 Å². The zero-order valence-electron chi connectivity index (χ0n) is 17.0. The molecule has 0 bridgehead atoms. The van der Waals surface area contributed by atoms with Crippen LogP contribution in [0.25, 0.3) is 0 Å². The van der Waals surface area contributed by atoms with Crippen molar-refractivity contribution in [3.8, 4) is 0 Å². The predicted molar refractivity (Wildman–Crippen MR) is 113 cm³/mol. The molecular weight excluding hydrogens is 368 g/mol. The van der Waals surface area contributed by atoms with E-state index in [1.807, 2.05) is 48.8 Å². The number of amides is 1. The first kappa shape index (κ1) is 20.6. The van der Waals surface area contributed by atoms with Gasteiger partial charge in [-0.1, -0.05) is 0 Å². The Labute approximate surface area is 171 Å². The molecule has 1 aliphatic rings. The highest BCUT2D eigenvalue weighted by molar-refractivity contribution is 5.95. The number of carbonyl (C=O) groups is 2. The fourth-order valence-corrected chi connectivity index (χ4v) is 3.43. The topological polar surface area (TPSA) is 74.8 Å². The summed E-state index contributed by atoms with van der Waals surface area (Å²) in [6.07, 6.45) is 3.80. The highest BCUT2D eigenvalue weighted by Gasteiger charge is 2.18. The number of hydrogen-bond donors (Lipinski definition) is 1. The van der Waals surface area contributed by atoms with Crippen molar-refractivity contribution in [1.29, 1.82) is 0 Å². The van der Waals surface area contributed by atoms with Gasteiger partial charge in [0.2, 0.25) is 0 Å². The van der Waals surface area contributed by atoms with Gasteiger partial charge >= 0.3 is 5.97 Å². The molecule has 0 saturated carbocycles. The Morgan fingerprint density at radius 2 is 1.55 bits per heavy atom. The Morgan fingerprint density at radius 1 is 1.00 bits per heavy atom. The number of esters is 1. The van der Waals surface area contributed by atoms with Crippen LogP contribution in [0.15, 0.2) is 48.8 Å². The molecule has 1 N–H and O–H groups in total. The van der Waals surface area contributed by atoms with Crippen molar-refractivity contribution in [3.05, 3.63) is 54.4 Å². The van der Waals surface area contributed by atoms with Crippen LogP contribution < -0.4 is 15.1 Å². The Bertz CT molecular complexity index is 803. The van der Waals surface area contributed by atoms with E-state index in [2.05, 4.69) is 20.1 Å². The molecule has 7 heteroatoms. The average molecular weight is 396 g/mol. The largest absolute Gasteiger partial charge is 0.466 e. The summed E-state index contributed by atoms with van der Waals surface area (Å²) in [6, 6.07) is 11.4. The number of rotatable bonds is 7.